The van der Waals surface area contributed by atoms with E-state index in [1.807, 2.05) is 17.0 Å². The molecule has 0 saturated heterocycles. The minimum Gasteiger partial charge on any atom is -0.493 e. The number of rotatable bonds is 12. The van der Waals surface area contributed by atoms with E-state index in [1.165, 1.54) is 22.3 Å². The Bertz CT molecular complexity index is 1320. The number of amides is 1. The van der Waals surface area contributed by atoms with Crippen molar-refractivity contribution in [2.75, 3.05) is 68.8 Å². The van der Waals surface area contributed by atoms with Crippen LogP contribution in [0.5, 0.6) is 28.7 Å². The molecule has 44 heavy (non-hydrogen) atoms. The van der Waals surface area contributed by atoms with Crippen molar-refractivity contribution in [1.29, 1.82) is 0 Å². The fourth-order valence-corrected chi connectivity index (χ4v) is 5.55. The van der Waals surface area contributed by atoms with Crippen LogP contribution in [0.3, 0.4) is 0 Å². The molecule has 2 aromatic carbocycles. The number of hydrogen-bond donors (Lipinski definition) is 2. The van der Waals surface area contributed by atoms with E-state index < -0.39 is 11.9 Å². The summed E-state index contributed by atoms with van der Waals surface area (Å²) in [5, 5.41) is 15.6. The Labute approximate surface area is 257 Å². The predicted molar refractivity (Wildman–Crippen MR) is 163 cm³/mol. The summed E-state index contributed by atoms with van der Waals surface area (Å²) in [5.74, 6) is 1.65. The Kier molecular flexibility index (Phi) is 12.3. The van der Waals surface area contributed by atoms with Gasteiger partial charge in [0.05, 0.1) is 35.5 Å². The molecule has 0 bridgehead atoms. The standard InChI is InChI=1S/C28H38N2O6.C4H4O4/c1-29(17-20-13-22-21(20)16-25(34-4)28(36-6)27(22)35-5)10-9-26(31)30-11-7-18-14-23(32-2)24(33-3)15-19(18)8-12-30;5-3(6)1-2-4(7)8/h14-16,20H,7-13,17H2,1-6H3;1-2H,(H,5,6)(H,7,8). The number of likely N-dealkylation sites (N-methyl/N-ethyl adjacent to an activating group) is 1. The predicted octanol–water partition coefficient (Wildman–Crippen LogP) is 3.03. The number of carbonyl (C=O) groups is 3. The van der Waals surface area contributed by atoms with Crippen LogP contribution in [0.2, 0.25) is 0 Å². The molecule has 1 atom stereocenters. The van der Waals surface area contributed by atoms with E-state index in [9.17, 15) is 14.4 Å². The molecule has 2 aromatic rings. The molecule has 12 nitrogen and oxygen atoms in total. The number of fused-ring (bicyclic) bond motifs is 2. The van der Waals surface area contributed by atoms with Gasteiger partial charge in [0.2, 0.25) is 11.7 Å². The van der Waals surface area contributed by atoms with E-state index in [0.717, 1.165) is 62.7 Å². The van der Waals surface area contributed by atoms with Crippen LogP contribution in [0.25, 0.3) is 0 Å². The molecule has 0 spiro atoms. The molecule has 12 heteroatoms. The van der Waals surface area contributed by atoms with Crippen molar-refractivity contribution in [1.82, 2.24) is 9.80 Å². The van der Waals surface area contributed by atoms with Gasteiger partial charge >= 0.3 is 11.9 Å². The molecule has 1 aliphatic heterocycles. The summed E-state index contributed by atoms with van der Waals surface area (Å²) in [6, 6.07) is 6.15. The second-order valence-corrected chi connectivity index (χ2v) is 10.5. The van der Waals surface area contributed by atoms with Crippen molar-refractivity contribution in [3.63, 3.8) is 0 Å². The Morgan fingerprint density at radius 1 is 0.818 bits per heavy atom. The van der Waals surface area contributed by atoms with Crippen molar-refractivity contribution in [2.24, 2.45) is 0 Å². The average Bonchev–Trinajstić information content (AvgIpc) is 3.22. The van der Waals surface area contributed by atoms with Gasteiger partial charge in [-0.25, -0.2) is 9.59 Å². The zero-order valence-electron chi connectivity index (χ0n) is 26.2. The molecule has 4 rings (SSSR count). The average molecular weight is 615 g/mol. The van der Waals surface area contributed by atoms with E-state index in [2.05, 4.69) is 18.0 Å². The van der Waals surface area contributed by atoms with Gasteiger partial charge in [0.25, 0.3) is 0 Å². The van der Waals surface area contributed by atoms with E-state index in [4.69, 9.17) is 33.9 Å². The van der Waals surface area contributed by atoms with Crippen LogP contribution < -0.4 is 23.7 Å². The van der Waals surface area contributed by atoms with E-state index in [0.29, 0.717) is 36.0 Å². The molecular formula is C32H42N2O10. The first kappa shape index (κ1) is 34.0. The van der Waals surface area contributed by atoms with E-state index in [1.54, 1.807) is 35.5 Å². The van der Waals surface area contributed by atoms with Gasteiger partial charge in [-0.2, -0.15) is 0 Å². The number of hydrogen-bond acceptors (Lipinski definition) is 9. The van der Waals surface area contributed by atoms with Crippen LogP contribution in [0.1, 0.15) is 34.6 Å². The SMILES string of the molecule is COc1cc2c(cc1OC)CCN(C(=O)CCN(C)CC1Cc3c1cc(OC)c(OC)c3OC)CC2.O=C(O)C=CC(=O)O. The highest BCUT2D eigenvalue weighted by Crippen LogP contribution is 2.50. The lowest BCUT2D eigenvalue weighted by Gasteiger charge is -2.35. The molecule has 0 radical (unpaired) electrons. The fraction of sp³-hybridized carbons (Fsp3) is 0.469. The molecule has 1 heterocycles. The number of carboxylic acids is 2. The lowest BCUT2D eigenvalue weighted by atomic mass is 9.76. The summed E-state index contributed by atoms with van der Waals surface area (Å²) in [6.07, 6.45) is 4.19. The first-order chi connectivity index (χ1) is 21.1. The monoisotopic (exact) mass is 614 g/mol. The van der Waals surface area contributed by atoms with Gasteiger partial charge in [0.1, 0.15) is 0 Å². The largest absolute Gasteiger partial charge is 0.493 e. The van der Waals surface area contributed by atoms with Crippen molar-refractivity contribution in [2.45, 2.75) is 31.6 Å². The van der Waals surface area contributed by atoms with Gasteiger partial charge in [0.15, 0.2) is 23.0 Å². The van der Waals surface area contributed by atoms with Gasteiger partial charge in [0, 0.05) is 56.2 Å². The first-order valence-electron chi connectivity index (χ1n) is 14.2. The van der Waals surface area contributed by atoms with Crippen molar-refractivity contribution < 1.29 is 48.3 Å². The second kappa shape index (κ2) is 15.9. The molecule has 0 fully saturated rings. The second-order valence-electron chi connectivity index (χ2n) is 10.5. The summed E-state index contributed by atoms with van der Waals surface area (Å²) in [4.78, 5) is 36.4. The first-order valence-corrected chi connectivity index (χ1v) is 14.2. The van der Waals surface area contributed by atoms with Gasteiger partial charge < -0.3 is 43.7 Å². The highest BCUT2D eigenvalue weighted by molar-refractivity contribution is 5.89. The molecule has 2 aliphatic rings. The highest BCUT2D eigenvalue weighted by atomic mass is 16.5. The highest BCUT2D eigenvalue weighted by Gasteiger charge is 2.34. The number of methoxy groups -OCH3 is 5. The van der Waals surface area contributed by atoms with Crippen molar-refractivity contribution in [3.05, 3.63) is 52.6 Å². The number of ether oxygens (including phenoxy) is 5. The van der Waals surface area contributed by atoms with Crippen LogP contribution in [0.15, 0.2) is 30.4 Å². The molecule has 1 aliphatic carbocycles. The van der Waals surface area contributed by atoms with Gasteiger partial charge in [-0.1, -0.05) is 0 Å². The smallest absolute Gasteiger partial charge is 0.328 e. The van der Waals surface area contributed by atoms with Crippen LogP contribution in [-0.2, 0) is 33.6 Å². The van der Waals surface area contributed by atoms with Gasteiger partial charge in [-0.15, -0.1) is 0 Å². The Morgan fingerprint density at radius 3 is 1.80 bits per heavy atom. The minimum absolute atomic E-state index is 0.204. The number of nitrogens with zero attached hydrogens (tertiary/aromatic N) is 2. The molecule has 2 N–H and O–H groups in total. The maximum Gasteiger partial charge on any atom is 0.328 e. The van der Waals surface area contributed by atoms with Crippen LogP contribution in [0.4, 0.5) is 0 Å². The maximum atomic E-state index is 13.1. The number of aliphatic carboxylic acids is 2. The van der Waals surface area contributed by atoms with Crippen molar-refractivity contribution in [3.8, 4) is 28.7 Å². The van der Waals surface area contributed by atoms with Crippen LogP contribution in [-0.4, -0.2) is 107 Å². The topological polar surface area (TPSA) is 144 Å². The zero-order valence-corrected chi connectivity index (χ0v) is 26.2. The number of carboxylic acid groups (broad SMARTS) is 2. The molecular weight excluding hydrogens is 572 g/mol. The summed E-state index contributed by atoms with van der Waals surface area (Å²) in [5.41, 5.74) is 4.87. The fourth-order valence-electron chi connectivity index (χ4n) is 5.55. The lowest BCUT2D eigenvalue weighted by Crippen LogP contribution is -2.37. The maximum absolute atomic E-state index is 13.1. The number of carbonyl (C=O) groups excluding carboxylic acids is 1. The molecule has 1 amide bonds. The summed E-state index contributed by atoms with van der Waals surface area (Å²) >= 11 is 0. The quantitative estimate of drug-likeness (QED) is 0.341. The van der Waals surface area contributed by atoms with Crippen LogP contribution in [0, 0.1) is 0 Å². The molecule has 0 aromatic heterocycles. The summed E-state index contributed by atoms with van der Waals surface area (Å²) < 4.78 is 27.6. The van der Waals surface area contributed by atoms with E-state index >= 15 is 0 Å². The third-order valence-electron chi connectivity index (χ3n) is 7.83. The lowest BCUT2D eigenvalue weighted by molar-refractivity contribution is -0.134. The van der Waals surface area contributed by atoms with Crippen molar-refractivity contribution >= 4 is 17.8 Å². The van der Waals surface area contributed by atoms with Gasteiger partial charge in [-0.05, 0) is 61.2 Å². The Hall–Kier alpha value is -4.45. The molecule has 1 unspecified atom stereocenters. The zero-order chi connectivity index (χ0) is 32.4. The van der Waals surface area contributed by atoms with Gasteiger partial charge in [-0.3, -0.25) is 4.79 Å². The summed E-state index contributed by atoms with van der Waals surface area (Å²) in [7, 11) is 10.3. The summed E-state index contributed by atoms with van der Waals surface area (Å²) in [6.45, 7) is 3.05. The minimum atomic E-state index is -1.26. The van der Waals surface area contributed by atoms with Crippen LogP contribution >= 0.6 is 0 Å². The normalized spacial score (nSPS) is 15.2. The number of benzene rings is 2. The Morgan fingerprint density at radius 2 is 1.34 bits per heavy atom. The third-order valence-corrected chi connectivity index (χ3v) is 7.83. The molecule has 0 saturated carbocycles. The third kappa shape index (κ3) is 8.34. The molecule has 240 valence electrons. The van der Waals surface area contributed by atoms with E-state index in [-0.39, 0.29) is 5.91 Å². The Balaban J connectivity index is 0.000000583.